The summed E-state index contributed by atoms with van der Waals surface area (Å²) in [6.45, 7) is 2.80. The number of hydrogen-bond acceptors (Lipinski definition) is 5. The molecule has 2 heterocycles. The molecule has 0 radical (unpaired) electrons. The number of nitrogens with one attached hydrogen (secondary N) is 1. The van der Waals surface area contributed by atoms with Gasteiger partial charge in [-0.15, -0.1) is 5.10 Å². The third-order valence-corrected chi connectivity index (χ3v) is 4.37. The number of para-hydroxylation sites is 1. The molecule has 0 amide bonds. The molecule has 27 heavy (non-hydrogen) atoms. The molecule has 4 aromatic rings. The summed E-state index contributed by atoms with van der Waals surface area (Å²) in [5.74, 6) is 1.52. The van der Waals surface area contributed by atoms with Gasteiger partial charge in [0.05, 0.1) is 6.54 Å². The maximum absolute atomic E-state index is 4.76. The summed E-state index contributed by atoms with van der Waals surface area (Å²) in [6.07, 6.45) is 2.99. The van der Waals surface area contributed by atoms with E-state index in [1.54, 1.807) is 0 Å². The lowest BCUT2D eigenvalue weighted by Crippen LogP contribution is -2.06. The summed E-state index contributed by atoms with van der Waals surface area (Å²) in [4.78, 5) is 9.47. The van der Waals surface area contributed by atoms with Crippen LogP contribution >= 0.6 is 0 Å². The van der Waals surface area contributed by atoms with Gasteiger partial charge in [-0.1, -0.05) is 67.1 Å². The molecule has 1 N–H and O–H groups in total. The zero-order chi connectivity index (χ0) is 18.5. The molecule has 6 heteroatoms. The second kappa shape index (κ2) is 7.95. The largest absolute Gasteiger partial charge is 0.338 e. The van der Waals surface area contributed by atoms with E-state index in [1.807, 2.05) is 53.2 Å². The minimum absolute atomic E-state index is 0.631. The van der Waals surface area contributed by atoms with Gasteiger partial charge in [-0.2, -0.15) is 0 Å². The molecule has 0 saturated heterocycles. The first-order valence-corrected chi connectivity index (χ1v) is 9.29. The van der Waals surface area contributed by atoms with Gasteiger partial charge in [0.1, 0.15) is 5.82 Å². The van der Waals surface area contributed by atoms with E-state index in [2.05, 4.69) is 34.7 Å². The van der Waals surface area contributed by atoms with Crippen molar-refractivity contribution >= 4 is 22.7 Å². The number of rotatable bonds is 7. The number of unbranched alkanes of at least 4 members (excludes halogenated alkanes) is 1. The molecule has 0 fully saturated rings. The Morgan fingerprint density at radius 2 is 1.67 bits per heavy atom. The molecule has 0 aliphatic heterocycles. The molecule has 2 aromatic heterocycles. The van der Waals surface area contributed by atoms with Gasteiger partial charge in [-0.25, -0.2) is 14.6 Å². The number of fused-ring (bicyclic) bond motifs is 1. The lowest BCUT2D eigenvalue weighted by molar-refractivity contribution is 0.661. The van der Waals surface area contributed by atoms with E-state index in [0.717, 1.165) is 42.0 Å². The van der Waals surface area contributed by atoms with Gasteiger partial charge >= 0.3 is 0 Å². The molecule has 0 aliphatic carbocycles. The highest BCUT2D eigenvalue weighted by molar-refractivity contribution is 5.84. The summed E-state index contributed by atoms with van der Waals surface area (Å²) in [6, 6.07) is 20.2. The Morgan fingerprint density at radius 3 is 2.41 bits per heavy atom. The van der Waals surface area contributed by atoms with E-state index in [9.17, 15) is 0 Å². The van der Waals surface area contributed by atoms with Gasteiger partial charge in [-0.05, 0) is 24.1 Å². The van der Waals surface area contributed by atoms with Crippen LogP contribution in [0.5, 0.6) is 0 Å². The predicted molar refractivity (Wildman–Crippen MR) is 107 cm³/mol. The van der Waals surface area contributed by atoms with Crippen molar-refractivity contribution in [3.05, 3.63) is 72.1 Å². The lowest BCUT2D eigenvalue weighted by atomic mass is 10.2. The number of aromatic nitrogens is 5. The van der Waals surface area contributed by atoms with Crippen molar-refractivity contribution in [3.63, 3.8) is 0 Å². The number of anilines is 2. The average Bonchev–Trinajstić information content (AvgIpc) is 3.11. The molecule has 0 aliphatic rings. The molecule has 0 saturated carbocycles. The number of nitrogens with zero attached hydrogens (tertiary/aromatic N) is 5. The van der Waals surface area contributed by atoms with Crippen molar-refractivity contribution in [2.45, 2.75) is 32.7 Å². The Labute approximate surface area is 158 Å². The standard InChI is InChI=1S/C21H22N6/c1-2-3-14-18-23-20(22-17-12-8-5-9-13-17)19-21(24-18)27(26-25-19)15-16-10-6-4-7-11-16/h4-13H,2-3,14-15H2,1H3,(H,22,23,24). The van der Waals surface area contributed by atoms with Crippen LogP contribution in [0.1, 0.15) is 31.2 Å². The first kappa shape index (κ1) is 17.1. The maximum Gasteiger partial charge on any atom is 0.184 e. The van der Waals surface area contributed by atoms with E-state index < -0.39 is 0 Å². The van der Waals surface area contributed by atoms with Crippen LogP contribution in [0, 0.1) is 0 Å². The topological polar surface area (TPSA) is 68.5 Å². The van der Waals surface area contributed by atoms with Crippen molar-refractivity contribution in [2.75, 3.05) is 5.32 Å². The van der Waals surface area contributed by atoms with Crippen LogP contribution < -0.4 is 5.32 Å². The third kappa shape index (κ3) is 3.95. The van der Waals surface area contributed by atoms with Crippen molar-refractivity contribution in [2.24, 2.45) is 0 Å². The van der Waals surface area contributed by atoms with Crippen LogP contribution in [0.2, 0.25) is 0 Å². The monoisotopic (exact) mass is 358 g/mol. The molecule has 6 nitrogen and oxygen atoms in total. The van der Waals surface area contributed by atoms with Crippen molar-refractivity contribution in [1.29, 1.82) is 0 Å². The first-order valence-electron chi connectivity index (χ1n) is 9.29. The van der Waals surface area contributed by atoms with Gasteiger partial charge in [0.15, 0.2) is 17.0 Å². The Morgan fingerprint density at radius 1 is 0.926 bits per heavy atom. The molecular formula is C21H22N6. The minimum atomic E-state index is 0.631. The second-order valence-corrected chi connectivity index (χ2v) is 6.49. The quantitative estimate of drug-likeness (QED) is 0.532. The van der Waals surface area contributed by atoms with Crippen molar-refractivity contribution in [1.82, 2.24) is 25.0 Å². The van der Waals surface area contributed by atoms with Crippen LogP contribution in [0.25, 0.3) is 11.2 Å². The van der Waals surface area contributed by atoms with Crippen molar-refractivity contribution in [3.8, 4) is 0 Å². The highest BCUT2D eigenvalue weighted by atomic mass is 15.4. The molecule has 0 atom stereocenters. The molecule has 2 aromatic carbocycles. The fourth-order valence-electron chi connectivity index (χ4n) is 2.96. The van der Waals surface area contributed by atoms with Crippen molar-refractivity contribution < 1.29 is 0 Å². The summed E-state index contributed by atoms with van der Waals surface area (Å²) in [7, 11) is 0. The van der Waals surface area contributed by atoms with E-state index in [1.165, 1.54) is 0 Å². The summed E-state index contributed by atoms with van der Waals surface area (Å²) in [5, 5.41) is 12.1. The normalized spacial score (nSPS) is 11.0. The molecule has 0 unspecified atom stereocenters. The van der Waals surface area contributed by atoms with Gasteiger partial charge < -0.3 is 5.32 Å². The molecular weight excluding hydrogens is 336 g/mol. The van der Waals surface area contributed by atoms with Crippen LogP contribution in [-0.4, -0.2) is 25.0 Å². The molecule has 0 spiro atoms. The average molecular weight is 358 g/mol. The maximum atomic E-state index is 4.76. The fourth-order valence-corrected chi connectivity index (χ4v) is 2.96. The number of benzene rings is 2. The molecule has 0 bridgehead atoms. The predicted octanol–water partition coefficient (Wildman–Crippen LogP) is 4.36. The van der Waals surface area contributed by atoms with Crippen LogP contribution in [0.4, 0.5) is 11.5 Å². The zero-order valence-electron chi connectivity index (χ0n) is 15.3. The van der Waals surface area contributed by atoms with E-state index >= 15 is 0 Å². The highest BCUT2D eigenvalue weighted by Crippen LogP contribution is 2.23. The second-order valence-electron chi connectivity index (χ2n) is 6.49. The Balaban J connectivity index is 1.74. The summed E-state index contributed by atoms with van der Waals surface area (Å²) >= 11 is 0. The van der Waals surface area contributed by atoms with Crippen LogP contribution in [0.15, 0.2) is 60.7 Å². The van der Waals surface area contributed by atoms with Gasteiger partial charge in [0.2, 0.25) is 0 Å². The van der Waals surface area contributed by atoms with E-state index in [-0.39, 0.29) is 0 Å². The number of hydrogen-bond donors (Lipinski definition) is 1. The SMILES string of the molecule is CCCCc1nc(Nc2ccccc2)c2nnn(Cc3ccccc3)c2n1. The highest BCUT2D eigenvalue weighted by Gasteiger charge is 2.15. The zero-order valence-corrected chi connectivity index (χ0v) is 15.3. The lowest BCUT2D eigenvalue weighted by Gasteiger charge is -2.09. The van der Waals surface area contributed by atoms with Crippen LogP contribution in [0.3, 0.4) is 0 Å². The Kier molecular flexibility index (Phi) is 5.05. The first-order chi connectivity index (χ1) is 13.3. The van der Waals surface area contributed by atoms with E-state index in [0.29, 0.717) is 17.9 Å². The third-order valence-electron chi connectivity index (χ3n) is 4.37. The molecule has 136 valence electrons. The summed E-state index contributed by atoms with van der Waals surface area (Å²) < 4.78 is 1.85. The Bertz CT molecular complexity index is 1010. The minimum Gasteiger partial charge on any atom is -0.338 e. The number of aryl methyl sites for hydroxylation is 1. The van der Waals surface area contributed by atoms with Gasteiger partial charge in [0, 0.05) is 12.1 Å². The van der Waals surface area contributed by atoms with Crippen LogP contribution in [-0.2, 0) is 13.0 Å². The van der Waals surface area contributed by atoms with Gasteiger partial charge in [-0.3, -0.25) is 0 Å². The smallest absolute Gasteiger partial charge is 0.184 e. The Hall–Kier alpha value is -3.28. The fraction of sp³-hybridized carbons (Fsp3) is 0.238. The van der Waals surface area contributed by atoms with Gasteiger partial charge in [0.25, 0.3) is 0 Å². The molecule has 4 rings (SSSR count). The summed E-state index contributed by atoms with van der Waals surface area (Å²) in [5.41, 5.74) is 3.58. The van der Waals surface area contributed by atoms with E-state index in [4.69, 9.17) is 9.97 Å².